The number of ether oxygens (including phenoxy) is 4. The second kappa shape index (κ2) is 19.3. The summed E-state index contributed by atoms with van der Waals surface area (Å²) in [6, 6.07) is 25.4. The molecule has 0 bridgehead atoms. The van der Waals surface area contributed by atoms with Crippen LogP contribution >= 0.6 is 8.53 Å². The van der Waals surface area contributed by atoms with Gasteiger partial charge in [-0.2, -0.15) is 0 Å². The van der Waals surface area contributed by atoms with E-state index in [4.69, 9.17) is 29.0 Å². The molecule has 278 valence electrons. The smallest absolute Gasteiger partial charge is 0.330 e. The zero-order valence-corrected chi connectivity index (χ0v) is 30.6. The van der Waals surface area contributed by atoms with Crippen molar-refractivity contribution < 1.29 is 28.4 Å². The maximum absolute atomic E-state index is 12.8. The van der Waals surface area contributed by atoms with Gasteiger partial charge in [-0.15, -0.1) is 0 Å². The number of hydrogen-bond acceptors (Lipinski definition) is 9. The van der Waals surface area contributed by atoms with Gasteiger partial charge in [-0.05, 0) is 60.7 Å². The second-order valence-electron chi connectivity index (χ2n) is 12.3. The molecule has 4 N–H and O–H groups in total. The Hall–Kier alpha value is -4.87. The van der Waals surface area contributed by atoms with Crippen molar-refractivity contribution in [3.63, 3.8) is 0 Å². The van der Waals surface area contributed by atoms with Crippen LogP contribution in [-0.4, -0.2) is 46.5 Å². The van der Waals surface area contributed by atoms with Crippen LogP contribution in [0.1, 0.15) is 47.7 Å². The molecule has 0 amide bonds. The molecule has 1 aromatic heterocycles. The molecule has 12 heteroatoms. The lowest BCUT2D eigenvalue weighted by Crippen LogP contribution is -2.38. The molecule has 0 spiro atoms. The van der Waals surface area contributed by atoms with Gasteiger partial charge in [0.25, 0.3) is 5.56 Å². The zero-order chi connectivity index (χ0) is 37.6. The second-order valence-corrected chi connectivity index (χ2v) is 13.1. The van der Waals surface area contributed by atoms with Crippen LogP contribution in [-0.2, 0) is 19.6 Å². The van der Waals surface area contributed by atoms with E-state index in [0.717, 1.165) is 29.5 Å². The molecule has 3 aromatic carbocycles. The van der Waals surface area contributed by atoms with Gasteiger partial charge in [-0.3, -0.25) is 19.8 Å². The predicted molar refractivity (Wildman–Crippen MR) is 207 cm³/mol. The van der Waals surface area contributed by atoms with Crippen LogP contribution < -0.4 is 26.2 Å². The van der Waals surface area contributed by atoms with Gasteiger partial charge in [-0.25, -0.2) is 4.79 Å². The molecule has 53 heavy (non-hydrogen) atoms. The molecule has 0 aliphatic carbocycles. The molecule has 1 saturated heterocycles. The van der Waals surface area contributed by atoms with E-state index in [0.29, 0.717) is 30.3 Å². The molecular formula is C41H46N3O8P. The van der Waals surface area contributed by atoms with E-state index in [1.54, 1.807) is 19.1 Å². The standard InChI is InChI=1S/C41H46N3O8P/c1-4-6-8-13-25-48-34-21-17-32(18-22-34)41(31-15-11-10-12-16-31,33-19-23-35(24-20-33)49-26-14-9-7-5-2)50-29-37-36(52-53(42)47)27-38(51-37)44-28-30(3)39(45)43-40(44)46/h4-12,15-24,28,36-38,47H,1-2,13-14,25-27,29,42H2,3H3,(H,43,45,46)/t36-,37+,38+,41?,53?/m0/s1. The monoisotopic (exact) mass is 739 g/mol. The minimum atomic E-state index is -2.27. The average molecular weight is 740 g/mol. The minimum Gasteiger partial charge on any atom is -0.493 e. The molecule has 0 saturated carbocycles. The number of nitrogens with two attached hydrogens (primary N) is 1. The Bertz CT molecular complexity index is 1890. The summed E-state index contributed by atoms with van der Waals surface area (Å²) in [6.45, 7) is 9.98. The Morgan fingerprint density at radius 3 is 1.98 bits per heavy atom. The third-order valence-electron chi connectivity index (χ3n) is 8.70. The number of H-pyrrole nitrogens is 1. The van der Waals surface area contributed by atoms with E-state index in [2.05, 4.69) is 18.1 Å². The first-order valence-electron chi connectivity index (χ1n) is 17.3. The third kappa shape index (κ3) is 10.2. The quantitative estimate of drug-likeness (QED) is 0.0413. The number of allylic oxidation sites excluding steroid dienone is 4. The van der Waals surface area contributed by atoms with E-state index in [9.17, 15) is 14.5 Å². The van der Waals surface area contributed by atoms with Gasteiger partial charge < -0.3 is 28.4 Å². The highest BCUT2D eigenvalue weighted by molar-refractivity contribution is 7.43. The van der Waals surface area contributed by atoms with Crippen LogP contribution in [0.15, 0.2) is 144 Å². The molecule has 1 fully saturated rings. The maximum atomic E-state index is 12.8. The number of aromatic nitrogens is 2. The Kier molecular flexibility index (Phi) is 14.3. The lowest BCUT2D eigenvalue weighted by atomic mass is 9.80. The van der Waals surface area contributed by atoms with E-state index in [1.807, 2.05) is 103 Å². The van der Waals surface area contributed by atoms with Crippen molar-refractivity contribution in [3.05, 3.63) is 178 Å². The summed E-state index contributed by atoms with van der Waals surface area (Å²) in [7, 11) is -2.27. The van der Waals surface area contributed by atoms with E-state index >= 15 is 0 Å². The van der Waals surface area contributed by atoms with Gasteiger partial charge in [0.2, 0.25) is 8.53 Å². The zero-order valence-electron chi connectivity index (χ0n) is 29.7. The lowest BCUT2D eigenvalue weighted by molar-refractivity contribution is -0.0915. The lowest BCUT2D eigenvalue weighted by Gasteiger charge is -2.37. The third-order valence-corrected chi connectivity index (χ3v) is 9.18. The van der Waals surface area contributed by atoms with Crippen molar-refractivity contribution >= 4 is 8.53 Å². The van der Waals surface area contributed by atoms with E-state index in [1.165, 1.54) is 10.8 Å². The molecule has 4 aromatic rings. The van der Waals surface area contributed by atoms with Gasteiger partial charge in [0.1, 0.15) is 29.4 Å². The van der Waals surface area contributed by atoms with Gasteiger partial charge >= 0.3 is 5.69 Å². The average Bonchev–Trinajstić information content (AvgIpc) is 3.56. The highest BCUT2D eigenvalue weighted by Crippen LogP contribution is 2.44. The van der Waals surface area contributed by atoms with Crippen molar-refractivity contribution in [2.75, 3.05) is 19.8 Å². The number of benzene rings is 3. The minimum absolute atomic E-state index is 0.0297. The molecule has 1 aliphatic heterocycles. The summed E-state index contributed by atoms with van der Waals surface area (Å²) in [5.41, 5.74) is 6.27. The number of aromatic amines is 1. The fraction of sp³-hybridized carbons (Fsp3) is 0.268. The highest BCUT2D eigenvalue weighted by atomic mass is 31.2. The first-order chi connectivity index (χ1) is 25.7. The van der Waals surface area contributed by atoms with Crippen molar-refractivity contribution in [2.24, 2.45) is 5.50 Å². The summed E-state index contributed by atoms with van der Waals surface area (Å²) < 4.78 is 32.6. The molecule has 1 aliphatic rings. The fourth-order valence-corrected chi connectivity index (χ4v) is 6.65. The molecule has 11 nitrogen and oxygen atoms in total. The van der Waals surface area contributed by atoms with Crippen LogP contribution in [0.2, 0.25) is 0 Å². The number of aryl methyl sites for hydroxylation is 1. The Balaban J connectivity index is 1.52. The van der Waals surface area contributed by atoms with Crippen LogP contribution in [0.3, 0.4) is 0 Å². The summed E-state index contributed by atoms with van der Waals surface area (Å²) in [5.74, 6) is 1.40. The first kappa shape index (κ1) is 39.3. The van der Waals surface area contributed by atoms with Gasteiger partial charge in [-0.1, -0.05) is 104 Å². The van der Waals surface area contributed by atoms with Crippen LogP contribution in [0.4, 0.5) is 0 Å². The van der Waals surface area contributed by atoms with Crippen LogP contribution in [0.5, 0.6) is 11.5 Å². The van der Waals surface area contributed by atoms with Crippen molar-refractivity contribution in [3.8, 4) is 11.5 Å². The van der Waals surface area contributed by atoms with Crippen molar-refractivity contribution in [1.29, 1.82) is 0 Å². The van der Waals surface area contributed by atoms with Crippen molar-refractivity contribution in [1.82, 2.24) is 9.55 Å². The Morgan fingerprint density at radius 1 is 0.906 bits per heavy atom. The number of nitrogens with zero attached hydrogens (tertiary/aromatic N) is 1. The van der Waals surface area contributed by atoms with Gasteiger partial charge in [0.05, 0.1) is 25.9 Å². The summed E-state index contributed by atoms with van der Waals surface area (Å²) in [5, 5.41) is 0. The molecule has 1 unspecified atom stereocenters. The number of hydrogen-bond donors (Lipinski definition) is 3. The van der Waals surface area contributed by atoms with E-state index < -0.39 is 43.8 Å². The van der Waals surface area contributed by atoms with E-state index in [-0.39, 0.29) is 13.0 Å². The largest absolute Gasteiger partial charge is 0.493 e. The summed E-state index contributed by atoms with van der Waals surface area (Å²) in [4.78, 5) is 37.3. The van der Waals surface area contributed by atoms with Gasteiger partial charge in [0.15, 0.2) is 0 Å². The van der Waals surface area contributed by atoms with Crippen molar-refractivity contribution in [2.45, 2.75) is 50.2 Å². The molecular weight excluding hydrogens is 693 g/mol. The summed E-state index contributed by atoms with van der Waals surface area (Å²) >= 11 is 0. The number of nitrogens with one attached hydrogen (secondary N) is 1. The molecule has 0 radical (unpaired) electrons. The SMILES string of the molecule is C=CC=CCCOc1ccc(C(OC[C@H]2O[C@@H](n3cc(C)c(=O)[nH]c3=O)C[C@@H]2OP(N)O)(c2ccccc2)c2ccc(OCCC=CC=C)cc2)cc1. The Labute approximate surface area is 310 Å². The molecule has 2 heterocycles. The van der Waals surface area contributed by atoms with Crippen LogP contribution in [0.25, 0.3) is 0 Å². The maximum Gasteiger partial charge on any atom is 0.330 e. The molecule has 5 rings (SSSR count). The Morgan fingerprint density at radius 2 is 1.45 bits per heavy atom. The first-order valence-corrected chi connectivity index (χ1v) is 18.6. The normalized spacial score (nSPS) is 18.9. The molecule has 4 atom stereocenters. The summed E-state index contributed by atoms with van der Waals surface area (Å²) in [6.07, 6.45) is 12.0. The van der Waals surface area contributed by atoms with Gasteiger partial charge in [0, 0.05) is 18.2 Å². The predicted octanol–water partition coefficient (Wildman–Crippen LogP) is 6.73. The topological polar surface area (TPSA) is 147 Å². The fourth-order valence-electron chi connectivity index (χ4n) is 6.15. The highest BCUT2D eigenvalue weighted by Gasteiger charge is 2.43. The van der Waals surface area contributed by atoms with Crippen LogP contribution in [0, 0.1) is 6.92 Å². The number of rotatable bonds is 19.